The first kappa shape index (κ1) is 18.1. The van der Waals surface area contributed by atoms with Crippen LogP contribution in [0.15, 0.2) is 34.1 Å². The number of thiazole rings is 1. The highest BCUT2D eigenvalue weighted by Crippen LogP contribution is 2.30. The zero-order chi connectivity index (χ0) is 17.8. The summed E-state index contributed by atoms with van der Waals surface area (Å²) in [5.74, 6) is -0.157. The number of hydrogen-bond donors (Lipinski definition) is 2. The van der Waals surface area contributed by atoms with Gasteiger partial charge in [-0.05, 0) is 30.9 Å². The third kappa shape index (κ3) is 4.67. The summed E-state index contributed by atoms with van der Waals surface area (Å²) in [6.07, 6.45) is 4.17. The van der Waals surface area contributed by atoms with Crippen molar-refractivity contribution in [3.05, 3.63) is 34.1 Å². The predicted molar refractivity (Wildman–Crippen MR) is 103 cm³/mol. The smallest absolute Gasteiger partial charge is 0.249 e. The number of halogens is 1. The lowest BCUT2D eigenvalue weighted by atomic mass is 9.97. The molecule has 2 N–H and O–H groups in total. The quantitative estimate of drug-likeness (QED) is 0.759. The summed E-state index contributed by atoms with van der Waals surface area (Å²) in [6.45, 7) is 1.45. The van der Waals surface area contributed by atoms with Crippen molar-refractivity contribution in [2.24, 2.45) is 5.92 Å². The summed E-state index contributed by atoms with van der Waals surface area (Å²) < 4.78 is 1.01. The van der Waals surface area contributed by atoms with Crippen LogP contribution in [-0.4, -0.2) is 22.8 Å². The van der Waals surface area contributed by atoms with Gasteiger partial charge in [-0.2, -0.15) is 0 Å². The molecular weight excluding hydrogens is 402 g/mol. The highest BCUT2D eigenvalue weighted by molar-refractivity contribution is 9.10. The molecule has 25 heavy (non-hydrogen) atoms. The van der Waals surface area contributed by atoms with E-state index in [2.05, 4.69) is 31.5 Å². The average molecular weight is 422 g/mol. The Balaban J connectivity index is 1.70. The van der Waals surface area contributed by atoms with Gasteiger partial charge in [0.25, 0.3) is 0 Å². The Hall–Kier alpha value is -1.73. The van der Waals surface area contributed by atoms with Gasteiger partial charge >= 0.3 is 0 Å². The standard InChI is InChI=1S/C18H20BrN3O2S/c1-11(23)20-16(13-4-2-3-5-13)17(24)22-18-21-15(10-25-18)12-6-8-14(19)9-7-12/h6-10,13,16H,2-5H2,1H3,(H,20,23)(H,21,22,24)/t16-/m1/s1. The number of aromatic nitrogens is 1. The van der Waals surface area contributed by atoms with Crippen LogP contribution in [0, 0.1) is 5.92 Å². The first-order chi connectivity index (χ1) is 12.0. The van der Waals surface area contributed by atoms with Crippen LogP contribution in [0.3, 0.4) is 0 Å². The number of rotatable bonds is 5. The maximum Gasteiger partial charge on any atom is 0.249 e. The van der Waals surface area contributed by atoms with Crippen LogP contribution in [0.2, 0.25) is 0 Å². The van der Waals surface area contributed by atoms with E-state index in [4.69, 9.17) is 0 Å². The molecule has 1 aromatic heterocycles. The summed E-state index contributed by atoms with van der Waals surface area (Å²) in [6, 6.07) is 7.38. The van der Waals surface area contributed by atoms with Crippen molar-refractivity contribution in [2.75, 3.05) is 5.32 Å². The number of carbonyl (C=O) groups is 2. The summed E-state index contributed by atoms with van der Waals surface area (Å²) >= 11 is 4.80. The maximum absolute atomic E-state index is 12.7. The molecule has 1 aromatic carbocycles. The molecule has 1 saturated carbocycles. The van der Waals surface area contributed by atoms with E-state index in [1.165, 1.54) is 18.3 Å². The van der Waals surface area contributed by atoms with Crippen LogP contribution in [0.25, 0.3) is 11.3 Å². The topological polar surface area (TPSA) is 71.1 Å². The third-order valence-corrected chi connectivity index (χ3v) is 5.67. The lowest BCUT2D eigenvalue weighted by Crippen LogP contribution is -2.47. The minimum absolute atomic E-state index is 0.179. The van der Waals surface area contributed by atoms with E-state index in [9.17, 15) is 9.59 Å². The SMILES string of the molecule is CC(=O)N[C@@H](C(=O)Nc1nc(-c2ccc(Br)cc2)cs1)C1CCCC1. The van der Waals surface area contributed by atoms with Crippen LogP contribution >= 0.6 is 27.3 Å². The van der Waals surface area contributed by atoms with Crippen molar-refractivity contribution in [2.45, 2.75) is 38.6 Å². The van der Waals surface area contributed by atoms with E-state index in [1.807, 2.05) is 29.6 Å². The molecule has 1 fully saturated rings. The number of amides is 2. The molecule has 0 aliphatic heterocycles. The van der Waals surface area contributed by atoms with Gasteiger partial charge in [0.2, 0.25) is 11.8 Å². The van der Waals surface area contributed by atoms with E-state index in [-0.39, 0.29) is 17.7 Å². The molecule has 0 spiro atoms. The van der Waals surface area contributed by atoms with Crippen LogP contribution in [0.1, 0.15) is 32.6 Å². The van der Waals surface area contributed by atoms with Crippen LogP contribution in [0.4, 0.5) is 5.13 Å². The average Bonchev–Trinajstić information content (AvgIpc) is 3.25. The normalized spacial score (nSPS) is 15.8. The second-order valence-corrected chi connectivity index (χ2v) is 8.03. The summed E-state index contributed by atoms with van der Waals surface area (Å²) in [5.41, 5.74) is 1.82. The number of anilines is 1. The molecule has 3 rings (SSSR count). The van der Waals surface area contributed by atoms with Crippen LogP contribution in [0.5, 0.6) is 0 Å². The second-order valence-electron chi connectivity index (χ2n) is 6.26. The molecule has 0 bridgehead atoms. The predicted octanol–water partition coefficient (Wildman–Crippen LogP) is 4.21. The van der Waals surface area contributed by atoms with Crippen molar-refractivity contribution >= 4 is 44.2 Å². The van der Waals surface area contributed by atoms with Gasteiger partial charge in [0.15, 0.2) is 5.13 Å². The van der Waals surface area contributed by atoms with Crippen molar-refractivity contribution in [3.8, 4) is 11.3 Å². The van der Waals surface area contributed by atoms with Crippen molar-refractivity contribution in [3.63, 3.8) is 0 Å². The Morgan fingerprint density at radius 1 is 1.24 bits per heavy atom. The molecule has 5 nitrogen and oxygen atoms in total. The fourth-order valence-electron chi connectivity index (χ4n) is 3.17. The van der Waals surface area contributed by atoms with E-state index >= 15 is 0 Å². The Bertz CT molecular complexity index is 754. The molecule has 132 valence electrons. The van der Waals surface area contributed by atoms with Crippen molar-refractivity contribution in [1.82, 2.24) is 10.3 Å². The highest BCUT2D eigenvalue weighted by atomic mass is 79.9. The van der Waals surface area contributed by atoms with Gasteiger partial charge in [0.1, 0.15) is 6.04 Å². The van der Waals surface area contributed by atoms with E-state index in [1.54, 1.807) is 0 Å². The molecule has 1 atom stereocenters. The molecule has 7 heteroatoms. The zero-order valence-electron chi connectivity index (χ0n) is 13.9. The number of carbonyl (C=O) groups excluding carboxylic acids is 2. The van der Waals surface area contributed by atoms with Crippen LogP contribution < -0.4 is 10.6 Å². The maximum atomic E-state index is 12.7. The fourth-order valence-corrected chi connectivity index (χ4v) is 4.16. The first-order valence-electron chi connectivity index (χ1n) is 8.32. The molecular formula is C18H20BrN3O2S. The molecule has 1 heterocycles. The molecule has 2 amide bonds. The summed E-state index contributed by atoms with van der Waals surface area (Å²) in [5, 5.41) is 8.15. The lowest BCUT2D eigenvalue weighted by Gasteiger charge is -2.22. The van der Waals surface area contributed by atoms with Gasteiger partial charge in [-0.1, -0.05) is 40.9 Å². The molecule has 1 aliphatic carbocycles. The summed E-state index contributed by atoms with van der Waals surface area (Å²) in [7, 11) is 0. The largest absolute Gasteiger partial charge is 0.344 e. The molecule has 0 saturated heterocycles. The lowest BCUT2D eigenvalue weighted by molar-refractivity contribution is -0.126. The minimum Gasteiger partial charge on any atom is -0.344 e. The number of nitrogens with one attached hydrogen (secondary N) is 2. The van der Waals surface area contributed by atoms with Crippen molar-refractivity contribution < 1.29 is 9.59 Å². The zero-order valence-corrected chi connectivity index (χ0v) is 16.3. The van der Waals surface area contributed by atoms with E-state index in [0.717, 1.165) is 41.4 Å². The monoisotopic (exact) mass is 421 g/mol. The van der Waals surface area contributed by atoms with Gasteiger partial charge in [-0.3, -0.25) is 9.59 Å². The highest BCUT2D eigenvalue weighted by Gasteiger charge is 2.31. The Morgan fingerprint density at radius 3 is 2.56 bits per heavy atom. The van der Waals surface area contributed by atoms with Gasteiger partial charge in [0, 0.05) is 22.3 Å². The molecule has 2 aromatic rings. The fraction of sp³-hybridized carbons (Fsp3) is 0.389. The second kappa shape index (κ2) is 8.10. The molecule has 0 radical (unpaired) electrons. The Labute approximate surface area is 159 Å². The van der Waals surface area contributed by atoms with Crippen LogP contribution in [-0.2, 0) is 9.59 Å². The third-order valence-electron chi connectivity index (χ3n) is 4.39. The Morgan fingerprint density at radius 2 is 1.92 bits per heavy atom. The molecule has 0 unspecified atom stereocenters. The van der Waals surface area contributed by atoms with Gasteiger partial charge < -0.3 is 10.6 Å². The van der Waals surface area contributed by atoms with Gasteiger partial charge in [-0.15, -0.1) is 11.3 Å². The minimum atomic E-state index is -0.486. The molecule has 1 aliphatic rings. The van der Waals surface area contributed by atoms with Gasteiger partial charge in [-0.25, -0.2) is 4.98 Å². The van der Waals surface area contributed by atoms with E-state index in [0.29, 0.717) is 5.13 Å². The Kier molecular flexibility index (Phi) is 5.86. The van der Waals surface area contributed by atoms with E-state index < -0.39 is 6.04 Å². The first-order valence-corrected chi connectivity index (χ1v) is 9.99. The van der Waals surface area contributed by atoms with Gasteiger partial charge in [0.05, 0.1) is 5.69 Å². The summed E-state index contributed by atoms with van der Waals surface area (Å²) in [4.78, 5) is 28.6. The number of hydrogen-bond acceptors (Lipinski definition) is 4. The number of nitrogens with zero attached hydrogens (tertiary/aromatic N) is 1. The van der Waals surface area contributed by atoms with Crippen molar-refractivity contribution in [1.29, 1.82) is 0 Å². The number of benzene rings is 1.